The lowest BCUT2D eigenvalue weighted by atomic mass is 10.1. The van der Waals surface area contributed by atoms with E-state index in [1.807, 2.05) is 4.90 Å². The molecule has 2 heterocycles. The molecule has 1 atom stereocenters. The number of nitrogens with zero attached hydrogens (tertiary/aromatic N) is 3. The molecule has 6 heteroatoms. The minimum atomic E-state index is -0.242. The summed E-state index contributed by atoms with van der Waals surface area (Å²) in [5, 5.41) is 9.68. The maximum atomic E-state index is 13.0. The molecule has 0 aliphatic carbocycles. The Morgan fingerprint density at radius 2 is 1.83 bits per heavy atom. The summed E-state index contributed by atoms with van der Waals surface area (Å²) in [6, 6.07) is 6.52. The molecule has 0 saturated carbocycles. The van der Waals surface area contributed by atoms with Crippen molar-refractivity contribution >= 4 is 11.6 Å². The van der Waals surface area contributed by atoms with Gasteiger partial charge >= 0.3 is 0 Å². The molecule has 0 aromatic heterocycles. The molecule has 1 aromatic carbocycles. The van der Waals surface area contributed by atoms with Gasteiger partial charge in [-0.1, -0.05) is 0 Å². The number of carbonyl (C=O) groups excluding carboxylic acids is 1. The molecule has 0 radical (unpaired) electrons. The second-order valence-electron chi connectivity index (χ2n) is 6.69. The second kappa shape index (κ2) is 7.94. The number of amides is 1. The lowest BCUT2D eigenvalue weighted by Gasteiger charge is -2.37. The lowest BCUT2D eigenvalue weighted by molar-refractivity contribution is -0.132. The summed E-state index contributed by atoms with van der Waals surface area (Å²) < 4.78 is 13.0. The van der Waals surface area contributed by atoms with E-state index in [0.29, 0.717) is 26.1 Å². The number of aliphatic hydroxyl groups is 1. The molecule has 0 spiro atoms. The number of halogens is 1. The van der Waals surface area contributed by atoms with Crippen molar-refractivity contribution in [2.45, 2.75) is 25.4 Å². The first-order chi connectivity index (χ1) is 11.6. The smallest absolute Gasteiger partial charge is 0.223 e. The van der Waals surface area contributed by atoms with Gasteiger partial charge in [-0.2, -0.15) is 0 Å². The zero-order valence-electron chi connectivity index (χ0n) is 14.0. The van der Waals surface area contributed by atoms with Gasteiger partial charge in [0, 0.05) is 51.4 Å². The number of aliphatic hydroxyl groups excluding tert-OH is 1. The fourth-order valence-corrected chi connectivity index (χ4v) is 3.51. The third-order valence-electron chi connectivity index (χ3n) is 4.95. The average molecular weight is 335 g/mol. The molecule has 2 fully saturated rings. The van der Waals surface area contributed by atoms with Gasteiger partial charge in [-0.25, -0.2) is 4.39 Å². The average Bonchev–Trinajstić information content (AvgIpc) is 2.61. The Bertz CT molecular complexity index is 544. The molecule has 2 aliphatic heterocycles. The number of hydrogen-bond donors (Lipinski definition) is 1. The van der Waals surface area contributed by atoms with E-state index in [1.165, 1.54) is 12.1 Å². The summed E-state index contributed by atoms with van der Waals surface area (Å²) in [5.74, 6) is -0.0378. The highest BCUT2D eigenvalue weighted by Gasteiger charge is 2.23. The van der Waals surface area contributed by atoms with Crippen molar-refractivity contribution in [3.05, 3.63) is 30.1 Å². The van der Waals surface area contributed by atoms with Gasteiger partial charge in [0.2, 0.25) is 5.91 Å². The monoisotopic (exact) mass is 335 g/mol. The first-order valence-corrected chi connectivity index (χ1v) is 8.80. The minimum Gasteiger partial charge on any atom is -0.392 e. The van der Waals surface area contributed by atoms with Gasteiger partial charge in [0.25, 0.3) is 0 Å². The van der Waals surface area contributed by atoms with Crippen LogP contribution in [0.15, 0.2) is 24.3 Å². The van der Waals surface area contributed by atoms with Gasteiger partial charge in [0.15, 0.2) is 0 Å². The number of rotatable bonds is 4. The maximum absolute atomic E-state index is 13.0. The molecule has 132 valence electrons. The summed E-state index contributed by atoms with van der Waals surface area (Å²) in [7, 11) is 0. The van der Waals surface area contributed by atoms with Crippen molar-refractivity contribution in [3.8, 4) is 0 Å². The van der Waals surface area contributed by atoms with Gasteiger partial charge in [0.1, 0.15) is 5.82 Å². The van der Waals surface area contributed by atoms with E-state index < -0.39 is 0 Å². The number of likely N-dealkylation sites (tertiary alicyclic amines) is 1. The van der Waals surface area contributed by atoms with Crippen LogP contribution in [0.5, 0.6) is 0 Å². The van der Waals surface area contributed by atoms with Crippen LogP contribution in [0.2, 0.25) is 0 Å². The van der Waals surface area contributed by atoms with Crippen molar-refractivity contribution < 1.29 is 14.3 Å². The summed E-state index contributed by atoms with van der Waals surface area (Å²) in [5.41, 5.74) is 1.01. The summed E-state index contributed by atoms with van der Waals surface area (Å²) in [4.78, 5) is 18.7. The van der Waals surface area contributed by atoms with Crippen LogP contribution in [0, 0.1) is 5.82 Å². The lowest BCUT2D eigenvalue weighted by Crippen LogP contribution is -2.49. The van der Waals surface area contributed by atoms with Gasteiger partial charge in [-0.05, 0) is 43.7 Å². The fourth-order valence-electron chi connectivity index (χ4n) is 3.51. The van der Waals surface area contributed by atoms with Crippen molar-refractivity contribution in [1.29, 1.82) is 0 Å². The standard InChI is InChI=1S/C18H26FN3O2/c19-15-3-5-16(6-4-15)21-10-12-22(13-11-21)18(24)7-9-20-8-1-2-17(23)14-20/h3-6,17,23H,1-2,7-14H2/t17-/m1/s1. The SMILES string of the molecule is O=C(CCN1CCC[C@@H](O)C1)N1CCN(c2ccc(F)cc2)CC1. The summed E-state index contributed by atoms with van der Waals surface area (Å²) >= 11 is 0. The molecule has 5 nitrogen and oxygen atoms in total. The largest absolute Gasteiger partial charge is 0.392 e. The van der Waals surface area contributed by atoms with Crippen LogP contribution in [0.4, 0.5) is 10.1 Å². The Hall–Kier alpha value is -1.66. The Morgan fingerprint density at radius 1 is 1.12 bits per heavy atom. The topological polar surface area (TPSA) is 47.0 Å². The first-order valence-electron chi connectivity index (χ1n) is 8.80. The van der Waals surface area contributed by atoms with Crippen molar-refractivity contribution in [2.75, 3.05) is 50.7 Å². The van der Waals surface area contributed by atoms with E-state index >= 15 is 0 Å². The third kappa shape index (κ3) is 4.45. The number of anilines is 1. The molecule has 24 heavy (non-hydrogen) atoms. The Kier molecular flexibility index (Phi) is 5.68. The van der Waals surface area contributed by atoms with Crippen molar-refractivity contribution in [3.63, 3.8) is 0 Å². The van der Waals surface area contributed by atoms with Crippen molar-refractivity contribution in [1.82, 2.24) is 9.80 Å². The molecular formula is C18H26FN3O2. The minimum absolute atomic E-state index is 0.189. The fraction of sp³-hybridized carbons (Fsp3) is 0.611. The first kappa shape index (κ1) is 17.2. The van der Waals surface area contributed by atoms with Crippen LogP contribution in [0.25, 0.3) is 0 Å². The second-order valence-corrected chi connectivity index (χ2v) is 6.69. The maximum Gasteiger partial charge on any atom is 0.223 e. The highest BCUT2D eigenvalue weighted by Crippen LogP contribution is 2.17. The summed E-state index contributed by atoms with van der Waals surface area (Å²) in [6.07, 6.45) is 2.15. The van der Waals surface area contributed by atoms with E-state index in [9.17, 15) is 14.3 Å². The van der Waals surface area contributed by atoms with Gasteiger partial charge < -0.3 is 19.8 Å². The zero-order valence-corrected chi connectivity index (χ0v) is 14.0. The predicted octanol–water partition coefficient (Wildman–Crippen LogP) is 1.32. The highest BCUT2D eigenvalue weighted by molar-refractivity contribution is 5.76. The van der Waals surface area contributed by atoms with Gasteiger partial charge in [-0.3, -0.25) is 4.79 Å². The molecule has 1 N–H and O–H groups in total. The number of carbonyl (C=O) groups is 1. The summed E-state index contributed by atoms with van der Waals surface area (Å²) in [6.45, 7) is 5.36. The number of piperazine rings is 1. The van der Waals surface area contributed by atoms with Crippen LogP contribution >= 0.6 is 0 Å². The molecule has 3 rings (SSSR count). The third-order valence-corrected chi connectivity index (χ3v) is 4.95. The van der Waals surface area contributed by atoms with Crippen LogP contribution in [0.3, 0.4) is 0 Å². The molecule has 1 aromatic rings. The Morgan fingerprint density at radius 3 is 2.50 bits per heavy atom. The van der Waals surface area contributed by atoms with E-state index in [-0.39, 0.29) is 17.8 Å². The van der Waals surface area contributed by atoms with E-state index in [2.05, 4.69) is 9.80 Å². The molecule has 1 amide bonds. The van der Waals surface area contributed by atoms with Crippen molar-refractivity contribution in [2.24, 2.45) is 0 Å². The van der Waals surface area contributed by atoms with E-state index in [4.69, 9.17) is 0 Å². The van der Waals surface area contributed by atoms with Crippen LogP contribution < -0.4 is 4.90 Å². The molecular weight excluding hydrogens is 309 g/mol. The molecule has 0 bridgehead atoms. The molecule has 2 aliphatic rings. The quantitative estimate of drug-likeness (QED) is 0.902. The number of benzene rings is 1. The van der Waals surface area contributed by atoms with Crippen LogP contribution in [-0.4, -0.2) is 72.7 Å². The highest BCUT2D eigenvalue weighted by atomic mass is 19.1. The van der Waals surface area contributed by atoms with E-state index in [0.717, 1.165) is 44.7 Å². The Labute approximate surface area is 142 Å². The number of β-amino-alcohol motifs (C(OH)–C–C–N with tert-alkyl or cyclic N) is 1. The van der Waals surface area contributed by atoms with Gasteiger partial charge in [0.05, 0.1) is 6.10 Å². The normalized spacial score (nSPS) is 22.7. The van der Waals surface area contributed by atoms with Gasteiger partial charge in [-0.15, -0.1) is 0 Å². The predicted molar refractivity (Wildman–Crippen MR) is 91.5 cm³/mol. The Balaban J connectivity index is 1.42. The molecule has 2 saturated heterocycles. The van der Waals surface area contributed by atoms with Crippen LogP contribution in [0.1, 0.15) is 19.3 Å². The molecule has 0 unspecified atom stereocenters. The van der Waals surface area contributed by atoms with E-state index in [1.54, 1.807) is 12.1 Å². The zero-order chi connectivity index (χ0) is 16.9. The number of hydrogen-bond acceptors (Lipinski definition) is 4. The van der Waals surface area contributed by atoms with Crippen LogP contribution in [-0.2, 0) is 4.79 Å². The number of piperidine rings is 1.